The van der Waals surface area contributed by atoms with Crippen LogP contribution in [0.3, 0.4) is 0 Å². The first-order valence-corrected chi connectivity index (χ1v) is 5.98. The van der Waals surface area contributed by atoms with Gasteiger partial charge in [-0.15, -0.1) is 0 Å². The molecule has 2 heteroatoms. The van der Waals surface area contributed by atoms with E-state index < -0.39 is 0 Å². The molecule has 0 aromatic rings. The van der Waals surface area contributed by atoms with Gasteiger partial charge in [0.15, 0.2) is 0 Å². The van der Waals surface area contributed by atoms with Gasteiger partial charge in [0.2, 0.25) is 0 Å². The second-order valence-electron chi connectivity index (χ2n) is 5.87. The third-order valence-electron chi connectivity index (χ3n) is 4.06. The Kier molecular flexibility index (Phi) is 2.61. The van der Waals surface area contributed by atoms with Crippen molar-refractivity contribution in [3.05, 3.63) is 0 Å². The fourth-order valence-electron chi connectivity index (χ4n) is 2.30. The van der Waals surface area contributed by atoms with Gasteiger partial charge in [-0.2, -0.15) is 0 Å². The Morgan fingerprint density at radius 1 is 1.29 bits per heavy atom. The van der Waals surface area contributed by atoms with Crippen LogP contribution in [-0.4, -0.2) is 25.7 Å². The topological polar surface area (TPSA) is 24.1 Å². The molecule has 2 aliphatic rings. The van der Waals surface area contributed by atoms with Gasteiger partial charge in [-0.25, -0.2) is 0 Å². The van der Waals surface area contributed by atoms with Crippen LogP contribution in [0.5, 0.6) is 0 Å². The van der Waals surface area contributed by atoms with Gasteiger partial charge in [0.25, 0.3) is 0 Å². The summed E-state index contributed by atoms with van der Waals surface area (Å²) in [4.78, 5) is 0. The van der Waals surface area contributed by atoms with Crippen molar-refractivity contribution in [2.24, 2.45) is 11.3 Å². The molecule has 2 saturated carbocycles. The summed E-state index contributed by atoms with van der Waals surface area (Å²) in [6.45, 7) is 6.83. The van der Waals surface area contributed by atoms with E-state index in [-0.39, 0.29) is 5.54 Å². The minimum atomic E-state index is 0.236. The molecule has 0 aromatic carbocycles. The van der Waals surface area contributed by atoms with Gasteiger partial charge in [-0.1, -0.05) is 0 Å². The van der Waals surface area contributed by atoms with Crippen LogP contribution in [0.4, 0.5) is 0 Å². The number of hydrogen-bond donors (Lipinski definition) is 2. The van der Waals surface area contributed by atoms with Crippen molar-refractivity contribution >= 4 is 0 Å². The molecule has 0 spiro atoms. The smallest absolute Gasteiger partial charge is 0.0246 e. The highest BCUT2D eigenvalue weighted by atomic mass is 15.0. The van der Waals surface area contributed by atoms with Crippen molar-refractivity contribution in [3.8, 4) is 0 Å². The molecule has 0 aromatic heterocycles. The largest absolute Gasteiger partial charge is 0.314 e. The van der Waals surface area contributed by atoms with Crippen molar-refractivity contribution in [3.63, 3.8) is 0 Å². The van der Waals surface area contributed by atoms with E-state index in [1.165, 1.54) is 32.2 Å². The molecule has 2 aliphatic carbocycles. The molecule has 0 atom stereocenters. The maximum absolute atomic E-state index is 3.64. The maximum atomic E-state index is 3.64. The fraction of sp³-hybridized carbons (Fsp3) is 1.00. The van der Waals surface area contributed by atoms with Gasteiger partial charge < -0.3 is 10.6 Å². The van der Waals surface area contributed by atoms with Gasteiger partial charge in [0.05, 0.1) is 0 Å². The minimum absolute atomic E-state index is 0.236. The van der Waals surface area contributed by atoms with Gasteiger partial charge in [-0.05, 0) is 57.9 Å². The minimum Gasteiger partial charge on any atom is -0.314 e. The predicted octanol–water partition coefficient (Wildman–Crippen LogP) is 1.76. The summed E-state index contributed by atoms with van der Waals surface area (Å²) in [6, 6.07) is 0. The van der Waals surface area contributed by atoms with Gasteiger partial charge in [-0.3, -0.25) is 0 Å². The van der Waals surface area contributed by atoms with Gasteiger partial charge in [0.1, 0.15) is 0 Å². The van der Waals surface area contributed by atoms with E-state index in [1.54, 1.807) is 0 Å². The van der Waals surface area contributed by atoms with Crippen molar-refractivity contribution in [1.82, 2.24) is 10.6 Å². The molecule has 0 bridgehead atoms. The molecule has 2 nitrogen and oxygen atoms in total. The Morgan fingerprint density at radius 3 is 2.36 bits per heavy atom. The molecule has 0 amide bonds. The quantitative estimate of drug-likeness (QED) is 0.676. The first kappa shape index (κ1) is 10.4. The second-order valence-corrected chi connectivity index (χ2v) is 5.87. The van der Waals surface area contributed by atoms with Gasteiger partial charge in [0, 0.05) is 18.6 Å². The van der Waals surface area contributed by atoms with Crippen LogP contribution in [0.1, 0.15) is 39.5 Å². The Bertz CT molecular complexity index is 202. The van der Waals surface area contributed by atoms with Crippen molar-refractivity contribution in [2.45, 2.75) is 45.1 Å². The summed E-state index contributed by atoms with van der Waals surface area (Å²) in [6.07, 6.45) is 5.95. The lowest BCUT2D eigenvalue weighted by molar-refractivity contribution is 0.346. The normalized spacial score (nSPS) is 25.1. The summed E-state index contributed by atoms with van der Waals surface area (Å²) in [5, 5.41) is 6.97. The molecule has 0 aliphatic heterocycles. The second kappa shape index (κ2) is 3.49. The van der Waals surface area contributed by atoms with Crippen LogP contribution in [0.25, 0.3) is 0 Å². The summed E-state index contributed by atoms with van der Waals surface area (Å²) >= 11 is 0. The number of likely N-dealkylation sites (N-methyl/N-ethyl adjacent to an activating group) is 1. The molecule has 14 heavy (non-hydrogen) atoms. The monoisotopic (exact) mass is 196 g/mol. The van der Waals surface area contributed by atoms with Crippen molar-refractivity contribution in [1.29, 1.82) is 0 Å². The highest BCUT2D eigenvalue weighted by Gasteiger charge is 2.53. The van der Waals surface area contributed by atoms with E-state index in [9.17, 15) is 0 Å². The molecule has 82 valence electrons. The summed E-state index contributed by atoms with van der Waals surface area (Å²) in [5.74, 6) is 1.08. The standard InChI is InChI=1S/C12H24N2/c1-11(2,13-3)8-14-9-12(6-7-12)10-4-5-10/h10,13-14H,4-9H2,1-3H3. The summed E-state index contributed by atoms with van der Waals surface area (Å²) in [7, 11) is 2.04. The first-order valence-electron chi connectivity index (χ1n) is 5.98. The average Bonchev–Trinajstić information content (AvgIpc) is 2.98. The molecule has 2 rings (SSSR count). The van der Waals surface area contributed by atoms with Crippen LogP contribution < -0.4 is 10.6 Å². The number of hydrogen-bond acceptors (Lipinski definition) is 2. The van der Waals surface area contributed by atoms with Crippen LogP contribution in [-0.2, 0) is 0 Å². The molecule has 0 unspecified atom stereocenters. The van der Waals surface area contributed by atoms with E-state index >= 15 is 0 Å². The lowest BCUT2D eigenvalue weighted by atomic mass is 9.99. The predicted molar refractivity (Wildman–Crippen MR) is 60.4 cm³/mol. The van der Waals surface area contributed by atoms with E-state index in [0.29, 0.717) is 0 Å². The zero-order valence-corrected chi connectivity index (χ0v) is 9.82. The van der Waals surface area contributed by atoms with E-state index in [1.807, 2.05) is 7.05 Å². The highest BCUT2D eigenvalue weighted by molar-refractivity contribution is 5.05. The molecular formula is C12H24N2. The molecular weight excluding hydrogens is 172 g/mol. The number of nitrogens with one attached hydrogen (secondary N) is 2. The first-order chi connectivity index (χ1) is 6.58. The molecule has 2 N–H and O–H groups in total. The zero-order valence-electron chi connectivity index (χ0n) is 9.82. The molecule has 2 fully saturated rings. The summed E-state index contributed by atoms with van der Waals surface area (Å²) < 4.78 is 0. The Hall–Kier alpha value is -0.0800. The molecule has 0 heterocycles. The van der Waals surface area contributed by atoms with Crippen molar-refractivity contribution in [2.75, 3.05) is 20.1 Å². The highest BCUT2D eigenvalue weighted by Crippen LogP contribution is 2.60. The van der Waals surface area contributed by atoms with E-state index in [0.717, 1.165) is 17.9 Å². The van der Waals surface area contributed by atoms with Crippen LogP contribution in [0.2, 0.25) is 0 Å². The van der Waals surface area contributed by atoms with Crippen LogP contribution >= 0.6 is 0 Å². The van der Waals surface area contributed by atoms with Crippen LogP contribution in [0, 0.1) is 11.3 Å². The van der Waals surface area contributed by atoms with Crippen molar-refractivity contribution < 1.29 is 0 Å². The fourth-order valence-corrected chi connectivity index (χ4v) is 2.30. The van der Waals surface area contributed by atoms with E-state index in [2.05, 4.69) is 24.5 Å². The Morgan fingerprint density at radius 2 is 1.93 bits per heavy atom. The Labute approximate surface area is 87.8 Å². The molecule has 0 radical (unpaired) electrons. The SMILES string of the molecule is CNC(C)(C)CNCC1(C2CC2)CC1. The van der Waals surface area contributed by atoms with Gasteiger partial charge >= 0.3 is 0 Å². The maximum Gasteiger partial charge on any atom is 0.0246 e. The third kappa shape index (κ3) is 2.29. The lowest BCUT2D eigenvalue weighted by Gasteiger charge is -2.26. The van der Waals surface area contributed by atoms with E-state index in [4.69, 9.17) is 0 Å². The lowest BCUT2D eigenvalue weighted by Crippen LogP contribution is -2.47. The summed E-state index contributed by atoms with van der Waals surface area (Å²) in [5.41, 5.74) is 0.976. The molecule has 0 saturated heterocycles. The average molecular weight is 196 g/mol. The number of rotatable bonds is 6. The third-order valence-corrected chi connectivity index (χ3v) is 4.06. The van der Waals surface area contributed by atoms with Crippen LogP contribution in [0.15, 0.2) is 0 Å². The zero-order chi connectivity index (χ0) is 10.2. The Balaban J connectivity index is 1.67.